The van der Waals surface area contributed by atoms with E-state index in [0.717, 1.165) is 12.1 Å². The van der Waals surface area contributed by atoms with Crippen molar-refractivity contribution in [2.24, 2.45) is 0 Å². The topological polar surface area (TPSA) is 101 Å². The molecule has 0 fully saturated rings. The Morgan fingerprint density at radius 1 is 1.03 bits per heavy atom. The van der Waals surface area contributed by atoms with Crippen LogP contribution in [0.5, 0.6) is 0 Å². The number of carbonyl (C=O) groups excluding carboxylic acids is 1. The van der Waals surface area contributed by atoms with Crippen LogP contribution in [0.15, 0.2) is 57.9 Å². The van der Waals surface area contributed by atoms with E-state index in [2.05, 4.69) is 15.2 Å². The highest BCUT2D eigenvalue weighted by molar-refractivity contribution is 7.92. The molecule has 2 N–H and O–H groups in total. The number of anilines is 2. The number of sulfonamides is 1. The molecule has 30 heavy (non-hydrogen) atoms. The Morgan fingerprint density at radius 2 is 1.70 bits per heavy atom. The number of hydrogen-bond donors (Lipinski definition) is 2. The summed E-state index contributed by atoms with van der Waals surface area (Å²) >= 11 is 0. The Balaban J connectivity index is 1.81. The van der Waals surface area contributed by atoms with Gasteiger partial charge < -0.3 is 9.84 Å². The molecule has 0 bridgehead atoms. The van der Waals surface area contributed by atoms with Crippen molar-refractivity contribution < 1.29 is 30.9 Å². The van der Waals surface area contributed by atoms with Crippen LogP contribution in [0.25, 0.3) is 0 Å². The number of nitrogens with zero attached hydrogens (tertiary/aromatic N) is 1. The van der Waals surface area contributed by atoms with E-state index in [1.165, 1.54) is 50.2 Å². The Kier molecular flexibility index (Phi) is 5.57. The summed E-state index contributed by atoms with van der Waals surface area (Å²) in [5, 5.41) is 5.97. The number of rotatable bonds is 5. The first-order valence-corrected chi connectivity index (χ1v) is 10.00. The summed E-state index contributed by atoms with van der Waals surface area (Å²) in [4.78, 5) is 12.3. The minimum atomic E-state index is -4.54. The lowest BCUT2D eigenvalue weighted by Crippen LogP contribution is -2.16. The molecule has 0 radical (unpaired) electrons. The highest BCUT2D eigenvalue weighted by Crippen LogP contribution is 2.31. The molecule has 1 heterocycles. The van der Waals surface area contributed by atoms with Gasteiger partial charge in [0, 0.05) is 16.9 Å². The molecule has 158 valence electrons. The van der Waals surface area contributed by atoms with Crippen LogP contribution < -0.4 is 10.0 Å². The maximum Gasteiger partial charge on any atom is 0.416 e. The molecule has 0 spiro atoms. The third-order valence-electron chi connectivity index (χ3n) is 4.06. The SMILES string of the molecule is Cc1noc(C)c1S(=O)(=O)Nc1cccc(C(=O)Nc2cccc(C(F)(F)F)c2)c1. The second-order valence-electron chi connectivity index (χ2n) is 6.37. The highest BCUT2D eigenvalue weighted by atomic mass is 32.2. The molecule has 0 unspecified atom stereocenters. The fourth-order valence-electron chi connectivity index (χ4n) is 2.76. The van der Waals surface area contributed by atoms with Gasteiger partial charge in [-0.05, 0) is 50.2 Å². The average molecular weight is 439 g/mol. The van der Waals surface area contributed by atoms with Gasteiger partial charge in [-0.25, -0.2) is 8.42 Å². The smallest absolute Gasteiger partial charge is 0.360 e. The van der Waals surface area contributed by atoms with Crippen molar-refractivity contribution >= 4 is 27.3 Å². The van der Waals surface area contributed by atoms with Crippen molar-refractivity contribution in [3.8, 4) is 0 Å². The quantitative estimate of drug-likeness (QED) is 0.615. The summed E-state index contributed by atoms with van der Waals surface area (Å²) < 4.78 is 70.9. The van der Waals surface area contributed by atoms with E-state index in [-0.39, 0.29) is 33.3 Å². The number of amides is 1. The van der Waals surface area contributed by atoms with Crippen molar-refractivity contribution in [2.45, 2.75) is 24.9 Å². The van der Waals surface area contributed by atoms with E-state index < -0.39 is 27.7 Å². The molecule has 11 heteroatoms. The van der Waals surface area contributed by atoms with Crippen LogP contribution in [-0.2, 0) is 16.2 Å². The predicted molar refractivity (Wildman–Crippen MR) is 103 cm³/mol. The zero-order chi connectivity index (χ0) is 22.1. The van der Waals surface area contributed by atoms with Gasteiger partial charge in [0.25, 0.3) is 15.9 Å². The molecule has 2 aromatic carbocycles. The van der Waals surface area contributed by atoms with Gasteiger partial charge in [0.2, 0.25) is 0 Å². The Labute approximate surface area is 169 Å². The van der Waals surface area contributed by atoms with Crippen LogP contribution in [0.4, 0.5) is 24.5 Å². The molecule has 0 atom stereocenters. The number of halogens is 3. The molecule has 0 saturated heterocycles. The number of aromatic nitrogens is 1. The van der Waals surface area contributed by atoms with Crippen LogP contribution in [0.2, 0.25) is 0 Å². The number of alkyl halides is 3. The van der Waals surface area contributed by atoms with Crippen LogP contribution in [0.1, 0.15) is 27.4 Å². The lowest BCUT2D eigenvalue weighted by atomic mass is 10.1. The van der Waals surface area contributed by atoms with Gasteiger partial charge in [0.05, 0.1) is 5.56 Å². The van der Waals surface area contributed by atoms with E-state index in [4.69, 9.17) is 4.52 Å². The first kappa shape index (κ1) is 21.4. The Morgan fingerprint density at radius 3 is 2.33 bits per heavy atom. The first-order valence-electron chi connectivity index (χ1n) is 8.52. The fraction of sp³-hybridized carbons (Fsp3) is 0.158. The predicted octanol–water partition coefficient (Wildman–Crippen LogP) is 4.36. The summed E-state index contributed by atoms with van der Waals surface area (Å²) in [5.41, 5.74) is -0.630. The third-order valence-corrected chi connectivity index (χ3v) is 5.69. The van der Waals surface area contributed by atoms with E-state index in [1.54, 1.807) is 0 Å². The zero-order valence-electron chi connectivity index (χ0n) is 15.7. The van der Waals surface area contributed by atoms with Gasteiger partial charge in [0.1, 0.15) is 5.69 Å². The van der Waals surface area contributed by atoms with Crippen molar-refractivity contribution in [3.63, 3.8) is 0 Å². The lowest BCUT2D eigenvalue weighted by molar-refractivity contribution is -0.137. The number of nitrogens with one attached hydrogen (secondary N) is 2. The van der Waals surface area contributed by atoms with Gasteiger partial charge in [-0.2, -0.15) is 13.2 Å². The van der Waals surface area contributed by atoms with Crippen molar-refractivity contribution in [2.75, 3.05) is 10.0 Å². The first-order chi connectivity index (χ1) is 14.0. The number of aryl methyl sites for hydroxylation is 2. The Bertz CT molecular complexity index is 1180. The van der Waals surface area contributed by atoms with Crippen molar-refractivity contribution in [1.82, 2.24) is 5.16 Å². The van der Waals surface area contributed by atoms with Crippen molar-refractivity contribution in [3.05, 3.63) is 71.1 Å². The summed E-state index contributed by atoms with van der Waals surface area (Å²) in [6, 6.07) is 9.71. The van der Waals surface area contributed by atoms with Gasteiger partial charge in [-0.3, -0.25) is 9.52 Å². The lowest BCUT2D eigenvalue weighted by Gasteiger charge is -2.11. The zero-order valence-corrected chi connectivity index (χ0v) is 16.6. The molecule has 0 aliphatic heterocycles. The molecule has 3 aromatic rings. The third kappa shape index (κ3) is 4.62. The normalized spacial score (nSPS) is 11.9. The molecule has 0 saturated carbocycles. The number of carbonyl (C=O) groups is 1. The highest BCUT2D eigenvalue weighted by Gasteiger charge is 2.30. The molecular weight excluding hydrogens is 423 g/mol. The van der Waals surface area contributed by atoms with Crippen LogP contribution in [0, 0.1) is 13.8 Å². The summed E-state index contributed by atoms with van der Waals surface area (Å²) in [6.07, 6.45) is -4.54. The van der Waals surface area contributed by atoms with Crippen LogP contribution >= 0.6 is 0 Å². The molecule has 0 aliphatic carbocycles. The minimum Gasteiger partial charge on any atom is -0.360 e. The van der Waals surface area contributed by atoms with Gasteiger partial charge in [-0.1, -0.05) is 17.3 Å². The molecular formula is C19H16F3N3O4S. The van der Waals surface area contributed by atoms with Gasteiger partial charge in [0.15, 0.2) is 10.7 Å². The van der Waals surface area contributed by atoms with E-state index in [1.807, 2.05) is 0 Å². The Hall–Kier alpha value is -3.34. The summed E-state index contributed by atoms with van der Waals surface area (Å²) in [7, 11) is -4.02. The van der Waals surface area contributed by atoms with E-state index >= 15 is 0 Å². The monoisotopic (exact) mass is 439 g/mol. The summed E-state index contributed by atoms with van der Waals surface area (Å²) in [6.45, 7) is 2.93. The van der Waals surface area contributed by atoms with Gasteiger partial charge in [-0.15, -0.1) is 0 Å². The molecule has 7 nitrogen and oxygen atoms in total. The van der Waals surface area contributed by atoms with E-state index in [9.17, 15) is 26.4 Å². The van der Waals surface area contributed by atoms with Gasteiger partial charge >= 0.3 is 6.18 Å². The second-order valence-corrected chi connectivity index (χ2v) is 7.99. The number of hydrogen-bond acceptors (Lipinski definition) is 5. The van der Waals surface area contributed by atoms with Crippen LogP contribution in [-0.4, -0.2) is 19.5 Å². The molecule has 1 amide bonds. The number of benzene rings is 2. The fourth-order valence-corrected chi connectivity index (χ4v) is 4.15. The second kappa shape index (κ2) is 7.82. The van der Waals surface area contributed by atoms with E-state index in [0.29, 0.717) is 0 Å². The maximum atomic E-state index is 12.8. The minimum absolute atomic E-state index is 0.0449. The maximum absolute atomic E-state index is 12.8. The standard InChI is InChI=1S/C19H16F3N3O4S/c1-11-17(12(2)29-24-11)30(27,28)25-16-8-3-5-13(9-16)18(26)23-15-7-4-6-14(10-15)19(20,21)22/h3-10,25H,1-2H3,(H,23,26). The molecule has 0 aliphatic rings. The largest absolute Gasteiger partial charge is 0.416 e. The molecule has 3 rings (SSSR count). The molecule has 1 aromatic heterocycles. The summed E-state index contributed by atoms with van der Waals surface area (Å²) in [5.74, 6) is -0.592. The van der Waals surface area contributed by atoms with Crippen molar-refractivity contribution in [1.29, 1.82) is 0 Å². The average Bonchev–Trinajstić information content (AvgIpc) is 3.00. The van der Waals surface area contributed by atoms with Crippen LogP contribution in [0.3, 0.4) is 0 Å².